The van der Waals surface area contributed by atoms with Crippen molar-refractivity contribution in [2.24, 2.45) is 22.9 Å². The fraction of sp³-hybridized carbons (Fsp3) is 0.684. The van der Waals surface area contributed by atoms with Gasteiger partial charge in [-0.05, 0) is 69.2 Å². The molecule has 0 fully saturated rings. The predicted molar refractivity (Wildman–Crippen MR) is 229 cm³/mol. The normalized spacial score (nSPS) is 11.2. The molecule has 0 spiro atoms. The summed E-state index contributed by atoms with van der Waals surface area (Å²) in [5.74, 6) is 1.97. The summed E-state index contributed by atoms with van der Waals surface area (Å²) < 4.78 is 21.2. The van der Waals surface area contributed by atoms with E-state index in [2.05, 4.69) is 105 Å². The van der Waals surface area contributed by atoms with E-state index in [-0.39, 0.29) is 45.0 Å². The molecule has 2 rings (SSSR count). The molecule has 0 bridgehead atoms. The van der Waals surface area contributed by atoms with Gasteiger partial charge in [0, 0.05) is 78.5 Å². The van der Waals surface area contributed by atoms with E-state index in [4.69, 9.17) is 33.4 Å². The van der Waals surface area contributed by atoms with Crippen molar-refractivity contribution in [3.05, 3.63) is 58.7 Å². The minimum atomic E-state index is -5.68. The summed E-state index contributed by atoms with van der Waals surface area (Å²) in [4.78, 5) is 45.9. The summed E-state index contributed by atoms with van der Waals surface area (Å²) in [5.41, 5.74) is 26.3. The van der Waals surface area contributed by atoms with Crippen LogP contribution in [0.5, 0.6) is 11.5 Å². The molecule has 0 heterocycles. The van der Waals surface area contributed by atoms with Gasteiger partial charge in [0.25, 0.3) is 0 Å². The number of rotatable bonds is 20. The smallest absolute Gasteiger partial charge is 0.790 e. The standard InChI is InChI=1S/2C13H20O2.2C6H18N4.2Fe.H4O7P2/c2*1-9(2)11-7-6-10(15-14)8-12(11)13(3,4)5;2*7-1-3-9-5-6-10-4-2-8;;;1-8(2,3)7-9(4,5)6/h2*6-9,14H,1-5H3;2*9-10H,1-8H2;;;(H2,1,2,3)(H2,4,5,6)/q;;;;2*+2;/p-4. The quantitative estimate of drug-likeness (QED) is 0.0287. The van der Waals surface area contributed by atoms with Gasteiger partial charge in [0.05, 0.1) is 15.6 Å². The molecule has 61 heavy (non-hydrogen) atoms. The Balaban J connectivity index is -0.000000216. The number of hydrogen-bond acceptors (Lipinski definition) is 19. The van der Waals surface area contributed by atoms with Crippen LogP contribution in [-0.2, 0) is 58.4 Å². The molecular formula is C38H76Fe2N8O11P2. The second-order valence-electron chi connectivity index (χ2n) is 15.6. The fourth-order valence-electron chi connectivity index (χ4n) is 4.87. The topological polar surface area (TPSA) is 347 Å². The molecule has 19 nitrogen and oxygen atoms in total. The third kappa shape index (κ3) is 40.2. The SMILES string of the molecule is CC(C)c1ccc(OO)cc1C(C)(C)C.CC(C)c1ccc(OO)cc1C(C)(C)C.NCCNCCNCCN.NCCNCCNCCN.O=P([O-])([O-])OP(=O)([O-])[O-].[Fe+2].[Fe+2]. The number of phosphoric acid groups is 2. The Kier molecular flexibility index (Phi) is 43.2. The van der Waals surface area contributed by atoms with Crippen molar-refractivity contribution in [1.82, 2.24) is 21.3 Å². The van der Waals surface area contributed by atoms with Crippen LogP contribution in [0.4, 0.5) is 0 Å². The zero-order valence-electron chi connectivity index (χ0n) is 37.6. The van der Waals surface area contributed by atoms with Crippen LogP contribution in [-0.4, -0.2) is 89.1 Å². The molecule has 0 aliphatic carbocycles. The van der Waals surface area contributed by atoms with E-state index < -0.39 is 15.6 Å². The Labute approximate surface area is 386 Å². The molecule has 0 saturated carbocycles. The molecule has 0 aromatic heterocycles. The maximum atomic E-state index is 9.32. The fourth-order valence-corrected chi connectivity index (χ4v) is 5.85. The van der Waals surface area contributed by atoms with Crippen LogP contribution in [0.25, 0.3) is 0 Å². The third-order valence-corrected chi connectivity index (χ3v) is 9.16. The van der Waals surface area contributed by atoms with Gasteiger partial charge in [0.1, 0.15) is 0 Å². The molecule has 0 saturated heterocycles. The van der Waals surface area contributed by atoms with Gasteiger partial charge in [-0.25, -0.2) is 10.5 Å². The first-order chi connectivity index (χ1) is 27.3. The van der Waals surface area contributed by atoms with Gasteiger partial charge >= 0.3 is 34.1 Å². The minimum Gasteiger partial charge on any atom is -0.790 e. The van der Waals surface area contributed by atoms with Crippen molar-refractivity contribution < 1.29 is 87.4 Å². The average Bonchev–Trinajstić information content (AvgIpc) is 3.12. The van der Waals surface area contributed by atoms with Crippen molar-refractivity contribution in [2.75, 3.05) is 78.5 Å². The molecule has 0 unspecified atom stereocenters. The zero-order valence-corrected chi connectivity index (χ0v) is 41.6. The molecule has 0 radical (unpaired) electrons. The van der Waals surface area contributed by atoms with Crippen LogP contribution >= 0.6 is 15.6 Å². The Morgan fingerprint density at radius 3 is 0.934 bits per heavy atom. The number of nitrogens with one attached hydrogen (secondary N) is 4. The molecule has 360 valence electrons. The van der Waals surface area contributed by atoms with E-state index in [0.717, 1.165) is 52.4 Å². The van der Waals surface area contributed by atoms with Gasteiger partial charge in [-0.15, -0.1) is 0 Å². The van der Waals surface area contributed by atoms with Gasteiger partial charge in [-0.1, -0.05) is 81.4 Å². The second kappa shape index (κ2) is 38.2. The van der Waals surface area contributed by atoms with Crippen molar-refractivity contribution in [3.63, 3.8) is 0 Å². The molecule has 0 aliphatic rings. The molecule has 2 aromatic rings. The van der Waals surface area contributed by atoms with Crippen molar-refractivity contribution in [3.8, 4) is 11.5 Å². The van der Waals surface area contributed by atoms with Gasteiger partial charge in [-0.2, -0.15) is 0 Å². The van der Waals surface area contributed by atoms with Crippen LogP contribution in [0.3, 0.4) is 0 Å². The number of nitrogens with two attached hydrogens (primary N) is 4. The van der Waals surface area contributed by atoms with Crippen molar-refractivity contribution in [2.45, 2.75) is 91.9 Å². The van der Waals surface area contributed by atoms with Gasteiger partial charge in [0.2, 0.25) is 0 Å². The van der Waals surface area contributed by atoms with E-state index in [9.17, 15) is 28.7 Å². The van der Waals surface area contributed by atoms with Crippen LogP contribution in [0.15, 0.2) is 36.4 Å². The Morgan fingerprint density at radius 1 is 0.541 bits per heavy atom. The van der Waals surface area contributed by atoms with Crippen LogP contribution in [0, 0.1) is 0 Å². The monoisotopic (exact) mass is 994 g/mol. The van der Waals surface area contributed by atoms with E-state index in [1.807, 2.05) is 24.3 Å². The van der Waals surface area contributed by atoms with Gasteiger partial charge < -0.3 is 87.0 Å². The Hall–Kier alpha value is -1.06. The van der Waals surface area contributed by atoms with E-state index in [1.165, 1.54) is 22.3 Å². The molecular weight excluding hydrogens is 918 g/mol. The van der Waals surface area contributed by atoms with Crippen molar-refractivity contribution >= 4 is 15.6 Å². The maximum absolute atomic E-state index is 9.32. The second-order valence-corrected chi connectivity index (χ2v) is 18.1. The summed E-state index contributed by atoms with van der Waals surface area (Å²) >= 11 is 0. The Morgan fingerprint density at radius 2 is 0.787 bits per heavy atom. The number of benzene rings is 2. The zero-order chi connectivity index (χ0) is 46.3. The summed E-state index contributed by atoms with van der Waals surface area (Å²) in [6.45, 7) is 31.9. The van der Waals surface area contributed by atoms with Crippen LogP contribution in [0.1, 0.15) is 103 Å². The first-order valence-corrected chi connectivity index (χ1v) is 22.5. The van der Waals surface area contributed by atoms with Gasteiger partial charge in [-0.3, -0.25) is 0 Å². The largest absolute Gasteiger partial charge is 2.00 e. The van der Waals surface area contributed by atoms with Crippen molar-refractivity contribution in [1.29, 1.82) is 0 Å². The summed E-state index contributed by atoms with van der Waals surface area (Å²) in [5, 5.41) is 30.0. The van der Waals surface area contributed by atoms with Gasteiger partial charge in [0.15, 0.2) is 11.5 Å². The minimum absolute atomic E-state index is 0. The Bertz CT molecular complexity index is 1330. The molecule has 0 atom stereocenters. The summed E-state index contributed by atoms with van der Waals surface area (Å²) in [6.07, 6.45) is 0. The summed E-state index contributed by atoms with van der Waals surface area (Å²) in [7, 11) is -11.4. The summed E-state index contributed by atoms with van der Waals surface area (Å²) in [6, 6.07) is 11.5. The van der Waals surface area contributed by atoms with Crippen LogP contribution in [0.2, 0.25) is 0 Å². The number of hydrogen-bond donors (Lipinski definition) is 10. The molecule has 14 N–H and O–H groups in total. The maximum Gasteiger partial charge on any atom is 2.00 e. The van der Waals surface area contributed by atoms with E-state index in [1.54, 1.807) is 12.1 Å². The molecule has 0 amide bonds. The molecule has 0 aliphatic heterocycles. The molecule has 23 heteroatoms. The first kappa shape index (κ1) is 69.0. The third-order valence-electron chi connectivity index (χ3n) is 7.56. The predicted octanol–water partition coefficient (Wildman–Crippen LogP) is 0.740. The first-order valence-electron chi connectivity index (χ1n) is 19.6. The van der Waals surface area contributed by atoms with E-state index in [0.29, 0.717) is 49.5 Å². The van der Waals surface area contributed by atoms with Crippen LogP contribution < -0.4 is 73.6 Å². The average molecular weight is 995 g/mol. The van der Waals surface area contributed by atoms with E-state index >= 15 is 0 Å². The molecule has 2 aromatic carbocycles.